The van der Waals surface area contributed by atoms with Crippen molar-refractivity contribution in [3.8, 4) is 0 Å². The lowest BCUT2D eigenvalue weighted by atomic mass is 10.1. The molecule has 0 fully saturated rings. The number of aromatic nitrogens is 2. The summed E-state index contributed by atoms with van der Waals surface area (Å²) in [6.45, 7) is 1.89. The zero-order chi connectivity index (χ0) is 13.3. The molecule has 0 bridgehead atoms. The lowest BCUT2D eigenvalue weighted by Gasteiger charge is -2.11. The highest BCUT2D eigenvalue weighted by molar-refractivity contribution is 7.80. The molecule has 0 aliphatic heterocycles. The van der Waals surface area contributed by atoms with Crippen LogP contribution in [0.4, 0.5) is 15.9 Å². The van der Waals surface area contributed by atoms with Crippen LogP contribution in [0.1, 0.15) is 11.3 Å². The maximum Gasteiger partial charge on any atom is 0.128 e. The fraction of sp³-hybridized carbons (Fsp3) is 0.167. The molecule has 0 aliphatic rings. The van der Waals surface area contributed by atoms with Crippen LogP contribution in [-0.2, 0) is 7.05 Å². The smallest absolute Gasteiger partial charge is 0.128 e. The van der Waals surface area contributed by atoms with Crippen LogP contribution in [0, 0.1) is 12.7 Å². The number of nitrogens with one attached hydrogen (secondary N) is 1. The molecule has 0 amide bonds. The first-order chi connectivity index (χ1) is 8.47. The Morgan fingerprint density at radius 1 is 1.44 bits per heavy atom. The van der Waals surface area contributed by atoms with Gasteiger partial charge in [0.25, 0.3) is 0 Å². The Morgan fingerprint density at radius 2 is 2.17 bits per heavy atom. The van der Waals surface area contributed by atoms with Crippen molar-refractivity contribution in [1.82, 2.24) is 9.78 Å². The third kappa shape index (κ3) is 2.48. The van der Waals surface area contributed by atoms with Gasteiger partial charge in [-0.1, -0.05) is 12.2 Å². The molecule has 6 heteroatoms. The minimum Gasteiger partial charge on any atom is -0.389 e. The van der Waals surface area contributed by atoms with E-state index in [2.05, 4.69) is 10.4 Å². The number of anilines is 2. The highest BCUT2D eigenvalue weighted by atomic mass is 32.1. The fourth-order valence-electron chi connectivity index (χ4n) is 1.69. The Hall–Kier alpha value is -1.95. The second kappa shape index (κ2) is 4.73. The molecule has 4 nitrogen and oxygen atoms in total. The monoisotopic (exact) mass is 264 g/mol. The number of hydrogen-bond donors (Lipinski definition) is 2. The number of thiocarbonyl (C=S) groups is 1. The molecule has 2 aromatic rings. The van der Waals surface area contributed by atoms with Crippen molar-refractivity contribution >= 4 is 28.7 Å². The number of nitrogens with two attached hydrogens (primary N) is 1. The predicted molar refractivity (Wildman–Crippen MR) is 73.5 cm³/mol. The lowest BCUT2D eigenvalue weighted by Crippen LogP contribution is -2.13. The van der Waals surface area contributed by atoms with Crippen LogP contribution in [0.2, 0.25) is 0 Å². The summed E-state index contributed by atoms with van der Waals surface area (Å²) in [4.78, 5) is 0.149. The molecule has 0 saturated carbocycles. The maximum absolute atomic E-state index is 13.2. The van der Waals surface area contributed by atoms with Crippen molar-refractivity contribution in [3.63, 3.8) is 0 Å². The molecule has 0 unspecified atom stereocenters. The summed E-state index contributed by atoms with van der Waals surface area (Å²) >= 11 is 4.91. The molecule has 1 heterocycles. The zero-order valence-electron chi connectivity index (χ0n) is 10.1. The van der Waals surface area contributed by atoms with Crippen LogP contribution in [0.5, 0.6) is 0 Å². The topological polar surface area (TPSA) is 55.9 Å². The molecule has 0 atom stereocenters. The largest absolute Gasteiger partial charge is 0.389 e. The maximum atomic E-state index is 13.2. The average molecular weight is 264 g/mol. The van der Waals surface area contributed by atoms with Gasteiger partial charge in [0.15, 0.2) is 0 Å². The summed E-state index contributed by atoms with van der Waals surface area (Å²) in [5.74, 6) is 0.418. The van der Waals surface area contributed by atoms with E-state index in [1.54, 1.807) is 10.7 Å². The molecule has 0 radical (unpaired) electrons. The average Bonchev–Trinajstić information content (AvgIpc) is 2.60. The van der Waals surface area contributed by atoms with E-state index in [0.717, 1.165) is 11.5 Å². The molecule has 94 valence electrons. The Kier molecular flexibility index (Phi) is 3.29. The second-order valence-corrected chi connectivity index (χ2v) is 4.41. The van der Waals surface area contributed by atoms with Crippen molar-refractivity contribution in [2.75, 3.05) is 5.32 Å². The Bertz CT molecular complexity index is 606. The molecule has 1 aromatic carbocycles. The minimum absolute atomic E-state index is 0.149. The van der Waals surface area contributed by atoms with Gasteiger partial charge in [0.1, 0.15) is 16.6 Å². The summed E-state index contributed by atoms with van der Waals surface area (Å²) in [6, 6.07) is 6.15. The van der Waals surface area contributed by atoms with Crippen LogP contribution in [0.15, 0.2) is 24.3 Å². The van der Waals surface area contributed by atoms with E-state index in [9.17, 15) is 4.39 Å². The van der Waals surface area contributed by atoms with Crippen LogP contribution in [0.25, 0.3) is 0 Å². The van der Waals surface area contributed by atoms with Crippen LogP contribution < -0.4 is 11.1 Å². The van der Waals surface area contributed by atoms with E-state index in [-0.39, 0.29) is 10.8 Å². The van der Waals surface area contributed by atoms with Crippen LogP contribution in [0.3, 0.4) is 0 Å². The van der Waals surface area contributed by atoms with Crippen molar-refractivity contribution in [3.05, 3.63) is 41.3 Å². The zero-order valence-corrected chi connectivity index (χ0v) is 10.9. The summed E-state index contributed by atoms with van der Waals surface area (Å²) in [5, 5.41) is 7.35. The van der Waals surface area contributed by atoms with Gasteiger partial charge in [-0.3, -0.25) is 4.68 Å². The molecule has 3 N–H and O–H groups in total. The quantitative estimate of drug-likeness (QED) is 0.835. The standard InChI is InChI=1S/C12H13FN4S/c1-7-5-11(17(2)16-7)15-10-4-3-8(13)6-9(10)12(14)18/h3-6,15H,1-2H3,(H2,14,18). The number of nitrogens with zero attached hydrogens (tertiary/aromatic N) is 2. The minimum atomic E-state index is -0.371. The van der Waals surface area contributed by atoms with Crippen molar-refractivity contribution in [2.45, 2.75) is 6.92 Å². The van der Waals surface area contributed by atoms with Crippen molar-refractivity contribution in [1.29, 1.82) is 0 Å². The van der Waals surface area contributed by atoms with Gasteiger partial charge in [-0.05, 0) is 25.1 Å². The molecule has 0 saturated heterocycles. The summed E-state index contributed by atoms with van der Waals surface area (Å²) < 4.78 is 14.9. The number of benzene rings is 1. The molecule has 0 aliphatic carbocycles. The molecule has 18 heavy (non-hydrogen) atoms. The first-order valence-corrected chi connectivity index (χ1v) is 5.75. The Morgan fingerprint density at radius 3 is 2.72 bits per heavy atom. The Labute approximate surface area is 110 Å². The predicted octanol–water partition coefficient (Wildman–Crippen LogP) is 2.25. The first-order valence-electron chi connectivity index (χ1n) is 5.34. The van der Waals surface area contributed by atoms with Crippen LogP contribution in [-0.4, -0.2) is 14.8 Å². The number of rotatable bonds is 3. The van der Waals surface area contributed by atoms with Gasteiger partial charge in [0.05, 0.1) is 11.4 Å². The Balaban J connectivity index is 2.40. The molecule has 2 rings (SSSR count). The van der Waals surface area contributed by atoms with Gasteiger partial charge >= 0.3 is 0 Å². The molecule has 0 spiro atoms. The third-order valence-electron chi connectivity index (χ3n) is 2.51. The third-order valence-corrected chi connectivity index (χ3v) is 2.73. The number of hydrogen-bond acceptors (Lipinski definition) is 3. The normalized spacial score (nSPS) is 10.4. The van der Waals surface area contributed by atoms with Gasteiger partial charge in [0.2, 0.25) is 0 Å². The van der Waals surface area contributed by atoms with E-state index < -0.39 is 0 Å². The van der Waals surface area contributed by atoms with Gasteiger partial charge in [-0.2, -0.15) is 5.10 Å². The summed E-state index contributed by atoms with van der Waals surface area (Å²) in [6.07, 6.45) is 0. The number of aryl methyl sites for hydroxylation is 2. The van der Waals surface area contributed by atoms with E-state index in [0.29, 0.717) is 11.3 Å². The van der Waals surface area contributed by atoms with E-state index in [1.807, 2.05) is 20.0 Å². The molecular formula is C12H13FN4S. The second-order valence-electron chi connectivity index (χ2n) is 3.97. The van der Waals surface area contributed by atoms with E-state index >= 15 is 0 Å². The lowest BCUT2D eigenvalue weighted by molar-refractivity contribution is 0.628. The summed E-state index contributed by atoms with van der Waals surface area (Å²) in [5.41, 5.74) is 7.61. The van der Waals surface area contributed by atoms with Crippen molar-refractivity contribution < 1.29 is 4.39 Å². The van der Waals surface area contributed by atoms with Crippen LogP contribution >= 0.6 is 12.2 Å². The van der Waals surface area contributed by atoms with E-state index in [1.165, 1.54) is 12.1 Å². The van der Waals surface area contributed by atoms with Crippen molar-refractivity contribution in [2.24, 2.45) is 12.8 Å². The SMILES string of the molecule is Cc1cc(Nc2ccc(F)cc2C(N)=S)n(C)n1. The fourth-order valence-corrected chi connectivity index (χ4v) is 1.86. The first kappa shape index (κ1) is 12.5. The highest BCUT2D eigenvalue weighted by Crippen LogP contribution is 2.22. The molecular weight excluding hydrogens is 251 g/mol. The van der Waals surface area contributed by atoms with Gasteiger partial charge in [0, 0.05) is 18.7 Å². The van der Waals surface area contributed by atoms with E-state index in [4.69, 9.17) is 18.0 Å². The van der Waals surface area contributed by atoms with Gasteiger partial charge in [-0.25, -0.2) is 4.39 Å². The summed E-state index contributed by atoms with van der Waals surface area (Å²) in [7, 11) is 1.82. The number of halogens is 1. The highest BCUT2D eigenvalue weighted by Gasteiger charge is 2.09. The molecule has 1 aromatic heterocycles. The van der Waals surface area contributed by atoms with Gasteiger partial charge < -0.3 is 11.1 Å². The van der Waals surface area contributed by atoms with Gasteiger partial charge in [-0.15, -0.1) is 0 Å².